The van der Waals surface area contributed by atoms with Crippen molar-refractivity contribution in [3.8, 4) is 5.75 Å². The normalized spacial score (nSPS) is 17.9. The molecule has 1 aliphatic rings. The maximum atomic E-state index is 5.64. The Labute approximate surface area is 106 Å². The maximum Gasteiger partial charge on any atom is 0.119 e. The Morgan fingerprint density at radius 2 is 2.00 bits per heavy atom. The molecule has 1 aromatic carbocycles. The predicted molar refractivity (Wildman–Crippen MR) is 69.9 cm³/mol. The molecule has 88 valence electrons. The van der Waals surface area contributed by atoms with Crippen LogP contribution in [-0.4, -0.2) is 18.7 Å². The third-order valence-electron chi connectivity index (χ3n) is 3.19. The van der Waals surface area contributed by atoms with E-state index in [1.807, 2.05) is 24.3 Å². The molecule has 0 heterocycles. The average molecular weight is 284 g/mol. The molecule has 0 radical (unpaired) electrons. The summed E-state index contributed by atoms with van der Waals surface area (Å²) in [5.41, 5.74) is 0.378. The van der Waals surface area contributed by atoms with E-state index in [4.69, 9.17) is 4.74 Å². The lowest BCUT2D eigenvalue weighted by Gasteiger charge is -2.39. The van der Waals surface area contributed by atoms with Crippen LogP contribution in [0.3, 0.4) is 0 Å². The van der Waals surface area contributed by atoms with Crippen LogP contribution in [0.4, 0.5) is 0 Å². The number of ether oxygens (including phenoxy) is 1. The van der Waals surface area contributed by atoms with Gasteiger partial charge in [0.25, 0.3) is 0 Å². The summed E-state index contributed by atoms with van der Waals surface area (Å²) >= 11 is 3.40. The van der Waals surface area contributed by atoms with Crippen LogP contribution in [0.15, 0.2) is 28.7 Å². The molecule has 2 nitrogen and oxygen atoms in total. The van der Waals surface area contributed by atoms with Gasteiger partial charge in [-0.1, -0.05) is 15.9 Å². The van der Waals surface area contributed by atoms with Gasteiger partial charge >= 0.3 is 0 Å². The lowest BCUT2D eigenvalue weighted by Crippen LogP contribution is -2.49. The Kier molecular flexibility index (Phi) is 3.87. The molecule has 0 bridgehead atoms. The zero-order valence-electron chi connectivity index (χ0n) is 9.63. The van der Waals surface area contributed by atoms with Crippen molar-refractivity contribution in [1.29, 1.82) is 0 Å². The fourth-order valence-corrected chi connectivity index (χ4v) is 2.20. The van der Waals surface area contributed by atoms with E-state index >= 15 is 0 Å². The molecule has 0 aromatic heterocycles. The summed E-state index contributed by atoms with van der Waals surface area (Å²) in [7, 11) is 0. The molecule has 1 fully saturated rings. The zero-order valence-corrected chi connectivity index (χ0v) is 11.2. The Hall–Kier alpha value is -0.540. The molecule has 0 atom stereocenters. The van der Waals surface area contributed by atoms with Crippen molar-refractivity contribution in [2.24, 2.45) is 0 Å². The average Bonchev–Trinajstić information content (AvgIpc) is 2.24. The van der Waals surface area contributed by atoms with E-state index in [2.05, 4.69) is 28.2 Å². The van der Waals surface area contributed by atoms with Gasteiger partial charge in [0.05, 0.1) is 0 Å². The summed E-state index contributed by atoms with van der Waals surface area (Å²) in [5, 5.41) is 3.54. The zero-order chi connectivity index (χ0) is 11.4. The highest BCUT2D eigenvalue weighted by Gasteiger charge is 2.30. The van der Waals surface area contributed by atoms with Crippen molar-refractivity contribution < 1.29 is 4.74 Å². The molecule has 1 saturated carbocycles. The molecular formula is C13H18BrNO. The molecule has 0 aliphatic heterocycles. The van der Waals surface area contributed by atoms with Crippen LogP contribution in [0, 0.1) is 0 Å². The summed E-state index contributed by atoms with van der Waals surface area (Å²) in [6, 6.07) is 7.95. The van der Waals surface area contributed by atoms with Crippen LogP contribution in [0.1, 0.15) is 26.2 Å². The van der Waals surface area contributed by atoms with Crippen molar-refractivity contribution in [3.63, 3.8) is 0 Å². The van der Waals surface area contributed by atoms with Gasteiger partial charge in [0.1, 0.15) is 12.4 Å². The molecule has 0 amide bonds. The molecule has 1 aromatic rings. The topological polar surface area (TPSA) is 21.3 Å². The van der Waals surface area contributed by atoms with Gasteiger partial charge in [0.2, 0.25) is 0 Å². The molecule has 1 N–H and O–H groups in total. The number of halogens is 1. The first kappa shape index (κ1) is 11.9. The minimum atomic E-state index is 0.378. The Morgan fingerprint density at radius 1 is 1.31 bits per heavy atom. The van der Waals surface area contributed by atoms with E-state index in [1.54, 1.807) is 0 Å². The maximum absolute atomic E-state index is 5.64. The summed E-state index contributed by atoms with van der Waals surface area (Å²) in [5.74, 6) is 0.934. The molecule has 1 aliphatic carbocycles. The monoisotopic (exact) mass is 283 g/mol. The van der Waals surface area contributed by atoms with Gasteiger partial charge in [-0.2, -0.15) is 0 Å². The van der Waals surface area contributed by atoms with Gasteiger partial charge in [0.15, 0.2) is 0 Å². The largest absolute Gasteiger partial charge is 0.492 e. The lowest BCUT2D eigenvalue weighted by molar-refractivity contribution is 0.192. The van der Waals surface area contributed by atoms with Crippen LogP contribution in [0.5, 0.6) is 5.75 Å². The molecule has 0 spiro atoms. The first-order valence-electron chi connectivity index (χ1n) is 5.81. The van der Waals surface area contributed by atoms with Gasteiger partial charge in [-0.3, -0.25) is 0 Å². The number of hydrogen-bond donors (Lipinski definition) is 1. The number of hydrogen-bond acceptors (Lipinski definition) is 2. The van der Waals surface area contributed by atoms with E-state index < -0.39 is 0 Å². The van der Waals surface area contributed by atoms with Gasteiger partial charge in [0, 0.05) is 16.6 Å². The Morgan fingerprint density at radius 3 is 2.56 bits per heavy atom. The van der Waals surface area contributed by atoms with E-state index in [0.717, 1.165) is 23.4 Å². The third-order valence-corrected chi connectivity index (χ3v) is 3.72. The first-order valence-corrected chi connectivity index (χ1v) is 6.61. The minimum Gasteiger partial charge on any atom is -0.492 e. The fourth-order valence-electron chi connectivity index (χ4n) is 1.94. The molecule has 2 rings (SSSR count). The lowest BCUT2D eigenvalue weighted by atomic mass is 9.78. The first-order chi connectivity index (χ1) is 7.68. The van der Waals surface area contributed by atoms with Gasteiger partial charge in [-0.05, 0) is 50.5 Å². The van der Waals surface area contributed by atoms with Gasteiger partial charge in [-0.15, -0.1) is 0 Å². The van der Waals surface area contributed by atoms with E-state index in [1.165, 1.54) is 19.3 Å². The van der Waals surface area contributed by atoms with Crippen LogP contribution in [0.25, 0.3) is 0 Å². The van der Waals surface area contributed by atoms with E-state index in [9.17, 15) is 0 Å². The molecule has 3 heteroatoms. The second kappa shape index (κ2) is 5.19. The molecule has 0 saturated heterocycles. The van der Waals surface area contributed by atoms with Crippen LogP contribution >= 0.6 is 15.9 Å². The fraction of sp³-hybridized carbons (Fsp3) is 0.538. The Balaban J connectivity index is 1.66. The summed E-state index contributed by atoms with van der Waals surface area (Å²) in [6.07, 6.45) is 3.95. The standard InChI is InChI=1S/C13H18BrNO/c1-13(7-2-8-13)15-9-10-16-12-5-3-11(14)4-6-12/h3-6,15H,2,7-10H2,1H3. The van der Waals surface area contributed by atoms with Crippen LogP contribution in [-0.2, 0) is 0 Å². The van der Waals surface area contributed by atoms with Crippen molar-refractivity contribution in [3.05, 3.63) is 28.7 Å². The highest BCUT2D eigenvalue weighted by molar-refractivity contribution is 9.10. The highest BCUT2D eigenvalue weighted by Crippen LogP contribution is 2.30. The third kappa shape index (κ3) is 3.22. The quantitative estimate of drug-likeness (QED) is 0.837. The summed E-state index contributed by atoms with van der Waals surface area (Å²) in [4.78, 5) is 0. The molecule has 0 unspecified atom stereocenters. The molecular weight excluding hydrogens is 266 g/mol. The second-order valence-electron chi connectivity index (χ2n) is 4.64. The minimum absolute atomic E-state index is 0.378. The van der Waals surface area contributed by atoms with Crippen molar-refractivity contribution in [2.75, 3.05) is 13.2 Å². The number of rotatable bonds is 5. The van der Waals surface area contributed by atoms with Crippen LogP contribution < -0.4 is 10.1 Å². The SMILES string of the molecule is CC1(NCCOc2ccc(Br)cc2)CCC1. The predicted octanol–water partition coefficient (Wildman–Crippen LogP) is 3.36. The van der Waals surface area contributed by atoms with E-state index in [0.29, 0.717) is 5.54 Å². The van der Waals surface area contributed by atoms with Crippen molar-refractivity contribution >= 4 is 15.9 Å². The summed E-state index contributed by atoms with van der Waals surface area (Å²) in [6.45, 7) is 3.94. The number of nitrogens with one attached hydrogen (secondary N) is 1. The van der Waals surface area contributed by atoms with Gasteiger partial charge < -0.3 is 10.1 Å². The van der Waals surface area contributed by atoms with Crippen molar-refractivity contribution in [1.82, 2.24) is 5.32 Å². The van der Waals surface area contributed by atoms with Crippen LogP contribution in [0.2, 0.25) is 0 Å². The van der Waals surface area contributed by atoms with Crippen molar-refractivity contribution in [2.45, 2.75) is 31.7 Å². The van der Waals surface area contributed by atoms with Gasteiger partial charge in [-0.25, -0.2) is 0 Å². The highest BCUT2D eigenvalue weighted by atomic mass is 79.9. The number of benzene rings is 1. The molecule has 16 heavy (non-hydrogen) atoms. The second-order valence-corrected chi connectivity index (χ2v) is 5.56. The van der Waals surface area contributed by atoms with E-state index in [-0.39, 0.29) is 0 Å². The smallest absolute Gasteiger partial charge is 0.119 e. The Bertz CT molecular complexity index is 332. The summed E-state index contributed by atoms with van der Waals surface area (Å²) < 4.78 is 6.72.